The smallest absolute Gasteiger partial charge is 0.158 e. The van der Waals surface area contributed by atoms with Crippen molar-refractivity contribution in [3.63, 3.8) is 0 Å². The van der Waals surface area contributed by atoms with Crippen molar-refractivity contribution >= 4 is 33.6 Å². The highest BCUT2D eigenvalue weighted by Crippen LogP contribution is 2.32. The van der Waals surface area contributed by atoms with Gasteiger partial charge in [-0.3, -0.25) is 5.43 Å². The quantitative estimate of drug-likeness (QED) is 0.438. The number of anilines is 1. The number of ether oxygens (including phenoxy) is 1. The van der Waals surface area contributed by atoms with Crippen LogP contribution in [0.3, 0.4) is 0 Å². The molecule has 0 saturated heterocycles. The Balaban J connectivity index is 1.84. The third-order valence-corrected chi connectivity index (χ3v) is 4.68. The van der Waals surface area contributed by atoms with Gasteiger partial charge in [-0.25, -0.2) is 9.97 Å². The van der Waals surface area contributed by atoms with Crippen molar-refractivity contribution in [2.24, 2.45) is 5.10 Å². The molecular formula is C18H16N4OS. The summed E-state index contributed by atoms with van der Waals surface area (Å²) in [5.41, 5.74) is 5.01. The van der Waals surface area contributed by atoms with Gasteiger partial charge in [0, 0.05) is 10.4 Å². The van der Waals surface area contributed by atoms with E-state index in [-0.39, 0.29) is 6.61 Å². The lowest BCUT2D eigenvalue weighted by molar-refractivity contribution is 0.370. The Morgan fingerprint density at radius 1 is 1.33 bits per heavy atom. The van der Waals surface area contributed by atoms with Crippen LogP contribution in [0.25, 0.3) is 10.2 Å². The zero-order chi connectivity index (χ0) is 16.9. The van der Waals surface area contributed by atoms with Crippen molar-refractivity contribution in [3.05, 3.63) is 46.6 Å². The van der Waals surface area contributed by atoms with Gasteiger partial charge < -0.3 is 4.74 Å². The van der Waals surface area contributed by atoms with Gasteiger partial charge in [0.25, 0.3) is 0 Å². The fourth-order valence-corrected chi connectivity index (χ4v) is 3.27. The number of rotatable bonds is 5. The number of aryl methyl sites for hydroxylation is 2. The molecule has 0 aliphatic carbocycles. The highest BCUT2D eigenvalue weighted by atomic mass is 32.1. The molecular weight excluding hydrogens is 320 g/mol. The summed E-state index contributed by atoms with van der Waals surface area (Å²) in [6.45, 7) is 4.36. The Morgan fingerprint density at radius 3 is 3.00 bits per heavy atom. The first-order valence-electron chi connectivity index (χ1n) is 7.35. The second-order valence-corrected chi connectivity index (χ2v) is 6.29. The summed E-state index contributed by atoms with van der Waals surface area (Å²) in [6, 6.07) is 7.57. The molecule has 3 rings (SSSR count). The van der Waals surface area contributed by atoms with Crippen molar-refractivity contribution in [2.75, 3.05) is 12.0 Å². The summed E-state index contributed by atoms with van der Waals surface area (Å²) in [5, 5.41) is 5.30. The predicted molar refractivity (Wildman–Crippen MR) is 98.9 cm³/mol. The van der Waals surface area contributed by atoms with E-state index >= 15 is 0 Å². The van der Waals surface area contributed by atoms with Crippen LogP contribution in [0.15, 0.2) is 35.7 Å². The average molecular weight is 336 g/mol. The summed E-state index contributed by atoms with van der Waals surface area (Å²) in [7, 11) is 0. The number of hydrazone groups is 1. The minimum Gasteiger partial charge on any atom is -0.480 e. The Labute approximate surface area is 144 Å². The molecule has 0 aliphatic heterocycles. The van der Waals surface area contributed by atoms with Crippen molar-refractivity contribution in [3.8, 4) is 18.1 Å². The SMILES string of the molecule is C#CCOc1ccccc1/C=N\Nc1ncnc2sc(C)c(C)c12. The number of hydrogen-bond donors (Lipinski definition) is 1. The Bertz CT molecular complexity index is 940. The summed E-state index contributed by atoms with van der Waals surface area (Å²) in [4.78, 5) is 10.8. The molecule has 2 heterocycles. The van der Waals surface area contributed by atoms with Crippen molar-refractivity contribution < 1.29 is 4.74 Å². The molecule has 0 bridgehead atoms. The lowest BCUT2D eigenvalue weighted by Crippen LogP contribution is -1.99. The number of terminal acetylenes is 1. The zero-order valence-corrected chi connectivity index (χ0v) is 14.2. The fraction of sp³-hybridized carbons (Fsp3) is 0.167. The second kappa shape index (κ2) is 7.11. The van der Waals surface area contributed by atoms with Crippen LogP contribution in [0, 0.1) is 26.2 Å². The molecule has 24 heavy (non-hydrogen) atoms. The molecule has 6 heteroatoms. The van der Waals surface area contributed by atoms with Crippen molar-refractivity contribution in [2.45, 2.75) is 13.8 Å². The van der Waals surface area contributed by atoms with Gasteiger partial charge in [-0.05, 0) is 31.5 Å². The van der Waals surface area contributed by atoms with Crippen LogP contribution in [-0.2, 0) is 0 Å². The zero-order valence-electron chi connectivity index (χ0n) is 13.4. The third kappa shape index (κ3) is 3.21. The van der Waals surface area contributed by atoms with Crippen LogP contribution in [-0.4, -0.2) is 22.8 Å². The molecule has 0 spiro atoms. The standard InChI is InChI=1S/C18H16N4OS/c1-4-9-23-15-8-6-5-7-14(15)10-21-22-17-16-12(2)13(3)24-18(16)20-11-19-17/h1,5-8,10-11H,9H2,2-3H3,(H,19,20,22)/b21-10-. The minimum atomic E-state index is 0.220. The molecule has 2 aromatic heterocycles. The maximum Gasteiger partial charge on any atom is 0.158 e. The third-order valence-electron chi connectivity index (χ3n) is 3.57. The molecule has 1 aromatic carbocycles. The Kier molecular flexibility index (Phi) is 4.73. The molecule has 3 aromatic rings. The predicted octanol–water partition coefficient (Wildman–Crippen LogP) is 3.77. The van der Waals surface area contributed by atoms with Gasteiger partial charge in [-0.15, -0.1) is 17.8 Å². The number of aromatic nitrogens is 2. The molecule has 1 N–H and O–H groups in total. The maximum absolute atomic E-state index is 5.50. The molecule has 0 unspecified atom stereocenters. The van der Waals surface area contributed by atoms with Gasteiger partial charge in [0.2, 0.25) is 0 Å². The normalized spacial score (nSPS) is 10.9. The van der Waals surface area contributed by atoms with Crippen LogP contribution in [0.1, 0.15) is 16.0 Å². The van der Waals surface area contributed by atoms with E-state index in [1.54, 1.807) is 23.9 Å². The van der Waals surface area contributed by atoms with E-state index in [1.807, 2.05) is 24.3 Å². The van der Waals surface area contributed by atoms with Crippen molar-refractivity contribution in [1.29, 1.82) is 0 Å². The molecule has 120 valence electrons. The number of nitrogens with one attached hydrogen (secondary N) is 1. The first kappa shape index (κ1) is 16.0. The maximum atomic E-state index is 5.50. The second-order valence-electron chi connectivity index (χ2n) is 5.09. The molecule has 0 saturated carbocycles. The van der Waals surface area contributed by atoms with Gasteiger partial charge in [-0.2, -0.15) is 5.10 Å². The molecule has 0 amide bonds. The number of benzene rings is 1. The van der Waals surface area contributed by atoms with Crippen LogP contribution in [0.5, 0.6) is 5.75 Å². The Hall–Kier alpha value is -2.91. The van der Waals surface area contributed by atoms with Crippen molar-refractivity contribution in [1.82, 2.24) is 9.97 Å². The molecule has 5 nitrogen and oxygen atoms in total. The number of hydrogen-bond acceptors (Lipinski definition) is 6. The molecule has 0 radical (unpaired) electrons. The number of nitrogens with zero attached hydrogens (tertiary/aromatic N) is 3. The number of thiophene rings is 1. The van der Waals surface area contributed by atoms with E-state index in [0.717, 1.165) is 15.8 Å². The van der Waals surface area contributed by atoms with E-state index < -0.39 is 0 Å². The first-order chi connectivity index (χ1) is 11.7. The monoisotopic (exact) mass is 336 g/mol. The largest absolute Gasteiger partial charge is 0.480 e. The van der Waals surface area contributed by atoms with Gasteiger partial charge in [0.1, 0.15) is 23.5 Å². The van der Waals surface area contributed by atoms with Gasteiger partial charge >= 0.3 is 0 Å². The lowest BCUT2D eigenvalue weighted by Gasteiger charge is -2.06. The number of fused-ring (bicyclic) bond motifs is 1. The topological polar surface area (TPSA) is 59.4 Å². The van der Waals surface area contributed by atoms with Crippen LogP contribution < -0.4 is 10.2 Å². The Morgan fingerprint density at radius 2 is 2.17 bits per heavy atom. The van der Waals surface area contributed by atoms with Gasteiger partial charge in [0.15, 0.2) is 5.82 Å². The first-order valence-corrected chi connectivity index (χ1v) is 8.17. The van der Waals surface area contributed by atoms with Gasteiger partial charge in [0.05, 0.1) is 11.6 Å². The van der Waals surface area contributed by atoms with Gasteiger partial charge in [-0.1, -0.05) is 18.1 Å². The van der Waals surface area contributed by atoms with E-state index in [4.69, 9.17) is 11.2 Å². The van der Waals surface area contributed by atoms with E-state index in [9.17, 15) is 0 Å². The molecule has 0 fully saturated rings. The summed E-state index contributed by atoms with van der Waals surface area (Å²) < 4.78 is 5.50. The van der Waals surface area contributed by atoms with E-state index in [0.29, 0.717) is 11.6 Å². The van der Waals surface area contributed by atoms with Crippen LogP contribution >= 0.6 is 11.3 Å². The fourth-order valence-electron chi connectivity index (χ4n) is 2.27. The highest BCUT2D eigenvalue weighted by molar-refractivity contribution is 7.18. The van der Waals surface area contributed by atoms with Crippen LogP contribution in [0.2, 0.25) is 0 Å². The van der Waals surface area contributed by atoms with E-state index in [2.05, 4.69) is 40.3 Å². The van der Waals surface area contributed by atoms with E-state index in [1.165, 1.54) is 10.4 Å². The highest BCUT2D eigenvalue weighted by Gasteiger charge is 2.11. The lowest BCUT2D eigenvalue weighted by atomic mass is 10.2. The number of para-hydroxylation sites is 1. The average Bonchev–Trinajstić information content (AvgIpc) is 2.89. The van der Waals surface area contributed by atoms with Crippen LogP contribution in [0.4, 0.5) is 5.82 Å². The molecule has 0 atom stereocenters. The summed E-state index contributed by atoms with van der Waals surface area (Å²) >= 11 is 1.65. The molecule has 0 aliphatic rings. The summed E-state index contributed by atoms with van der Waals surface area (Å²) in [6.07, 6.45) is 8.47. The summed E-state index contributed by atoms with van der Waals surface area (Å²) in [5.74, 6) is 3.84. The minimum absolute atomic E-state index is 0.220.